The first-order valence-electron chi connectivity index (χ1n) is 4.64. The van der Waals surface area contributed by atoms with Gasteiger partial charge in [-0.25, -0.2) is 0 Å². The van der Waals surface area contributed by atoms with Crippen LogP contribution in [0.3, 0.4) is 0 Å². The quantitative estimate of drug-likeness (QED) is 0.752. The zero-order valence-corrected chi connectivity index (χ0v) is 9.65. The van der Waals surface area contributed by atoms with Crippen LogP contribution in [0.2, 0.25) is 5.02 Å². The number of benzene rings is 1. The first-order valence-corrected chi connectivity index (χ1v) is 5.02. The Morgan fingerprint density at radius 3 is 2.50 bits per heavy atom. The second-order valence-corrected chi connectivity index (χ2v) is 4.07. The summed E-state index contributed by atoms with van der Waals surface area (Å²) in [6.45, 7) is 8.01. The summed E-state index contributed by atoms with van der Waals surface area (Å²) in [5, 5.41) is 3.99. The third-order valence-corrected chi connectivity index (χ3v) is 2.40. The Morgan fingerprint density at radius 1 is 1.43 bits per heavy atom. The van der Waals surface area contributed by atoms with Crippen molar-refractivity contribution in [3.63, 3.8) is 0 Å². The van der Waals surface area contributed by atoms with Crippen molar-refractivity contribution in [2.75, 3.05) is 7.05 Å². The Kier molecular flexibility index (Phi) is 3.73. The average Bonchev–Trinajstić information content (AvgIpc) is 2.02. The van der Waals surface area contributed by atoms with Crippen LogP contribution in [0.15, 0.2) is 30.4 Å². The molecular weight excluding hydrogens is 194 g/mol. The summed E-state index contributed by atoms with van der Waals surface area (Å²) in [7, 11) is 1.93. The fraction of sp³-hybridized carbons (Fsp3) is 0.333. The Bertz CT molecular complexity index is 324. The van der Waals surface area contributed by atoms with E-state index in [1.54, 1.807) is 0 Å². The monoisotopic (exact) mass is 209 g/mol. The minimum Gasteiger partial charge on any atom is -0.310 e. The molecule has 0 aliphatic carbocycles. The molecule has 1 aromatic rings. The van der Waals surface area contributed by atoms with E-state index in [0.717, 1.165) is 10.6 Å². The normalized spacial score (nSPS) is 12.6. The molecule has 14 heavy (non-hydrogen) atoms. The highest BCUT2D eigenvalue weighted by atomic mass is 35.5. The molecule has 0 heterocycles. The highest BCUT2D eigenvalue weighted by molar-refractivity contribution is 6.30. The van der Waals surface area contributed by atoms with Gasteiger partial charge in [-0.2, -0.15) is 0 Å². The predicted molar refractivity (Wildman–Crippen MR) is 62.8 cm³/mol. The molecule has 0 aromatic heterocycles. The van der Waals surface area contributed by atoms with E-state index < -0.39 is 0 Å². The molecule has 0 fully saturated rings. The number of nitrogens with one attached hydrogen (secondary N) is 1. The fourth-order valence-electron chi connectivity index (χ4n) is 1.63. The van der Waals surface area contributed by atoms with Gasteiger partial charge in [0.05, 0.1) is 6.04 Å². The SMILES string of the molecule is C=C(C)C(NC)c1cc(C)cc(Cl)c1. The van der Waals surface area contributed by atoms with Gasteiger partial charge < -0.3 is 5.32 Å². The van der Waals surface area contributed by atoms with Crippen molar-refractivity contribution in [1.29, 1.82) is 0 Å². The first-order chi connectivity index (χ1) is 6.54. The molecule has 1 unspecified atom stereocenters. The van der Waals surface area contributed by atoms with Crippen molar-refractivity contribution in [1.82, 2.24) is 5.32 Å². The first kappa shape index (κ1) is 11.3. The van der Waals surface area contributed by atoms with E-state index in [1.165, 1.54) is 11.1 Å². The van der Waals surface area contributed by atoms with Crippen molar-refractivity contribution in [3.8, 4) is 0 Å². The standard InChI is InChI=1S/C12H16ClN/c1-8(2)12(14-4)10-5-9(3)6-11(13)7-10/h5-7,12,14H,1H2,2-4H3. The summed E-state index contributed by atoms with van der Waals surface area (Å²) in [5.74, 6) is 0. The predicted octanol–water partition coefficient (Wildman–Crippen LogP) is 3.49. The van der Waals surface area contributed by atoms with E-state index in [4.69, 9.17) is 11.6 Å². The van der Waals surface area contributed by atoms with Gasteiger partial charge in [-0.05, 0) is 44.2 Å². The molecule has 1 nitrogen and oxygen atoms in total. The lowest BCUT2D eigenvalue weighted by Crippen LogP contribution is -2.17. The van der Waals surface area contributed by atoms with E-state index in [2.05, 4.69) is 18.0 Å². The van der Waals surface area contributed by atoms with Gasteiger partial charge in [-0.15, -0.1) is 0 Å². The van der Waals surface area contributed by atoms with Crippen LogP contribution in [0, 0.1) is 6.92 Å². The van der Waals surface area contributed by atoms with Crippen LogP contribution in [0.1, 0.15) is 24.1 Å². The average molecular weight is 210 g/mol. The smallest absolute Gasteiger partial charge is 0.0528 e. The summed E-state index contributed by atoms with van der Waals surface area (Å²) in [4.78, 5) is 0. The maximum atomic E-state index is 6.00. The molecule has 1 rings (SSSR count). The minimum absolute atomic E-state index is 0.187. The van der Waals surface area contributed by atoms with E-state index in [0.29, 0.717) is 0 Å². The molecule has 1 atom stereocenters. The topological polar surface area (TPSA) is 12.0 Å². The summed E-state index contributed by atoms with van der Waals surface area (Å²) >= 11 is 6.00. The molecule has 0 bridgehead atoms. The third kappa shape index (κ3) is 2.60. The van der Waals surface area contributed by atoms with Crippen molar-refractivity contribution < 1.29 is 0 Å². The summed E-state index contributed by atoms with van der Waals surface area (Å²) < 4.78 is 0. The zero-order chi connectivity index (χ0) is 10.7. The number of rotatable bonds is 3. The second kappa shape index (κ2) is 4.63. The Balaban J connectivity index is 3.10. The molecule has 1 aromatic carbocycles. The lowest BCUT2D eigenvalue weighted by atomic mass is 9.99. The van der Waals surface area contributed by atoms with E-state index in [1.807, 2.05) is 33.0 Å². The second-order valence-electron chi connectivity index (χ2n) is 3.63. The van der Waals surface area contributed by atoms with Gasteiger partial charge in [-0.3, -0.25) is 0 Å². The maximum Gasteiger partial charge on any atom is 0.0528 e. The lowest BCUT2D eigenvalue weighted by Gasteiger charge is -2.17. The fourth-order valence-corrected chi connectivity index (χ4v) is 1.93. The van der Waals surface area contributed by atoms with Crippen molar-refractivity contribution >= 4 is 11.6 Å². The van der Waals surface area contributed by atoms with E-state index >= 15 is 0 Å². The van der Waals surface area contributed by atoms with Gasteiger partial charge in [0.2, 0.25) is 0 Å². The lowest BCUT2D eigenvalue weighted by molar-refractivity contribution is 0.679. The Hall–Kier alpha value is -0.790. The molecular formula is C12H16ClN. The Labute approximate surface area is 90.8 Å². The van der Waals surface area contributed by atoms with Crippen molar-refractivity contribution in [2.45, 2.75) is 19.9 Å². The molecule has 1 N–H and O–H groups in total. The molecule has 0 saturated heterocycles. The summed E-state index contributed by atoms with van der Waals surface area (Å²) in [5.41, 5.74) is 3.44. The van der Waals surface area contributed by atoms with E-state index in [-0.39, 0.29) is 6.04 Å². The molecule has 76 valence electrons. The van der Waals surface area contributed by atoms with Gasteiger partial charge in [0.1, 0.15) is 0 Å². The van der Waals surface area contributed by atoms with Gasteiger partial charge in [0.25, 0.3) is 0 Å². The molecule has 0 aliphatic heterocycles. The summed E-state index contributed by atoms with van der Waals surface area (Å²) in [6, 6.07) is 6.25. The zero-order valence-electron chi connectivity index (χ0n) is 8.89. The molecule has 0 spiro atoms. The van der Waals surface area contributed by atoms with Crippen molar-refractivity contribution in [3.05, 3.63) is 46.5 Å². The van der Waals surface area contributed by atoms with Crippen molar-refractivity contribution in [2.24, 2.45) is 0 Å². The van der Waals surface area contributed by atoms with Crippen LogP contribution in [0.4, 0.5) is 0 Å². The maximum absolute atomic E-state index is 6.00. The Morgan fingerprint density at radius 2 is 2.07 bits per heavy atom. The van der Waals surface area contributed by atoms with Crippen LogP contribution in [0.25, 0.3) is 0 Å². The number of aryl methyl sites for hydroxylation is 1. The molecule has 2 heteroatoms. The minimum atomic E-state index is 0.187. The van der Waals surface area contributed by atoms with Crippen LogP contribution >= 0.6 is 11.6 Å². The highest BCUT2D eigenvalue weighted by Crippen LogP contribution is 2.24. The van der Waals surface area contributed by atoms with Crippen LogP contribution in [0.5, 0.6) is 0 Å². The number of hydrogen-bond acceptors (Lipinski definition) is 1. The van der Waals surface area contributed by atoms with Crippen LogP contribution in [-0.4, -0.2) is 7.05 Å². The number of halogens is 1. The molecule has 0 amide bonds. The van der Waals surface area contributed by atoms with Gasteiger partial charge in [-0.1, -0.05) is 29.8 Å². The van der Waals surface area contributed by atoms with Gasteiger partial charge in [0, 0.05) is 5.02 Å². The molecule has 0 aliphatic rings. The van der Waals surface area contributed by atoms with Crippen LogP contribution in [-0.2, 0) is 0 Å². The third-order valence-electron chi connectivity index (χ3n) is 2.18. The van der Waals surface area contributed by atoms with Gasteiger partial charge in [0.15, 0.2) is 0 Å². The van der Waals surface area contributed by atoms with Crippen LogP contribution < -0.4 is 5.32 Å². The largest absolute Gasteiger partial charge is 0.310 e. The molecule has 0 saturated carbocycles. The number of hydrogen-bond donors (Lipinski definition) is 1. The highest BCUT2D eigenvalue weighted by Gasteiger charge is 2.10. The van der Waals surface area contributed by atoms with E-state index in [9.17, 15) is 0 Å². The number of likely N-dealkylation sites (N-methyl/N-ethyl adjacent to an activating group) is 1. The molecule has 0 radical (unpaired) electrons. The van der Waals surface area contributed by atoms with Gasteiger partial charge >= 0.3 is 0 Å². The summed E-state index contributed by atoms with van der Waals surface area (Å²) in [6.07, 6.45) is 0.